The van der Waals surface area contributed by atoms with Crippen molar-refractivity contribution in [2.24, 2.45) is 0 Å². The van der Waals surface area contributed by atoms with Gasteiger partial charge in [-0.2, -0.15) is 0 Å². The Morgan fingerprint density at radius 1 is 0.0865 bits per heavy atom. The van der Waals surface area contributed by atoms with Crippen molar-refractivity contribution in [1.82, 2.24) is 0 Å². The Bertz CT molecular complexity index is 1780. The molecule has 0 bridgehead atoms. The van der Waals surface area contributed by atoms with Crippen molar-refractivity contribution in [1.29, 1.82) is 0 Å². The van der Waals surface area contributed by atoms with E-state index in [0.717, 1.165) is 0 Å². The van der Waals surface area contributed by atoms with Crippen LogP contribution in [0.2, 0.25) is 0 Å². The van der Waals surface area contributed by atoms with E-state index in [2.05, 4.69) is 410 Å². The van der Waals surface area contributed by atoms with Crippen molar-refractivity contribution >= 4 is 736 Å². The van der Waals surface area contributed by atoms with Crippen LogP contribution in [-0.2, 0) is 0 Å². The summed E-state index contributed by atoms with van der Waals surface area (Å²) in [6.45, 7) is 0. The molecule has 0 aromatic heterocycles. The van der Waals surface area contributed by atoms with E-state index in [4.69, 9.17) is 0 Å². The van der Waals surface area contributed by atoms with Gasteiger partial charge in [-0.25, -0.2) is 0 Å². The number of rotatable bonds is 50. The van der Waals surface area contributed by atoms with Gasteiger partial charge in [0.25, 0.3) is 0 Å². The molecule has 0 amide bonds. The highest BCUT2D eigenvalue weighted by Gasteiger charge is 2.69. The molecule has 0 aliphatic heterocycles. The summed E-state index contributed by atoms with van der Waals surface area (Å²) < 4.78 is 0. The summed E-state index contributed by atoms with van der Waals surface area (Å²) in [5, 5.41) is 0. The summed E-state index contributed by atoms with van der Waals surface area (Å²) in [7, 11) is 147. The molecule has 0 aromatic carbocycles. The van der Waals surface area contributed by atoms with Crippen LogP contribution in [0.4, 0.5) is 0 Å². The van der Waals surface area contributed by atoms with Crippen LogP contribution in [-0.4, -0.2) is 729 Å². The second kappa shape index (κ2) is 51.1. The molecule has 0 heterocycles. The van der Waals surface area contributed by atoms with Crippen molar-refractivity contribution in [2.75, 3.05) is 0 Å². The third kappa shape index (κ3) is 29.7. The minimum Gasteiger partial charge on any atom is -0.253 e. The second-order valence-electron chi connectivity index (χ2n) is 46.7. The predicted molar refractivity (Wildman–Crippen MR) is 747 cm³/mol. The van der Waals surface area contributed by atoms with E-state index >= 15 is 0 Å². The van der Waals surface area contributed by atoms with Gasteiger partial charge in [-0.15, -0.1) is 0 Å². The first-order valence-electron chi connectivity index (χ1n) is 47.0. The van der Waals surface area contributed by atoms with Gasteiger partial charge >= 0.3 is 0 Å². The molecular formula is H106B103P. The summed E-state index contributed by atoms with van der Waals surface area (Å²) in [4.78, 5) is 0. The monoisotopic (exact) mass is 1270 g/mol. The zero-order chi connectivity index (χ0) is 82.4. The van der Waals surface area contributed by atoms with Gasteiger partial charge in [0.1, 0.15) is 0 Å². The van der Waals surface area contributed by atoms with Gasteiger partial charge in [0.05, 0.1) is 429 Å². The Kier molecular flexibility index (Phi) is 54.6. The van der Waals surface area contributed by atoms with Crippen molar-refractivity contribution in [3.8, 4) is 0 Å². The summed E-state index contributed by atoms with van der Waals surface area (Å²) in [5.41, 5.74) is 0. The molecule has 104 heavy (non-hydrogen) atoms. The second-order valence-corrected chi connectivity index (χ2v) is 49.4. The van der Waals surface area contributed by atoms with Crippen LogP contribution in [0.1, 0.15) is 0 Å². The van der Waals surface area contributed by atoms with Crippen molar-refractivity contribution in [3.05, 3.63) is 0 Å². The van der Waals surface area contributed by atoms with Crippen molar-refractivity contribution in [3.63, 3.8) is 0 Å². The van der Waals surface area contributed by atoms with Gasteiger partial charge in [0.15, 0.2) is 0 Å². The fourth-order valence-electron chi connectivity index (χ4n) is 29.4. The van der Waals surface area contributed by atoms with Gasteiger partial charge in [0, 0.05) is 300 Å². The zero-order valence-corrected chi connectivity index (χ0v) is 83.2. The highest BCUT2D eigenvalue weighted by Crippen LogP contribution is 2.54. The van der Waals surface area contributed by atoms with Crippen LogP contribution >= 0.6 is 7.56 Å². The Labute approximate surface area is 728 Å². The van der Waals surface area contributed by atoms with E-state index in [1.165, 1.54) is 0 Å². The molecule has 0 atom stereocenters. The lowest BCUT2D eigenvalue weighted by atomic mass is 8.31. The van der Waals surface area contributed by atoms with Gasteiger partial charge in [-0.3, -0.25) is 7.56 Å². The Balaban J connectivity index is 15.0. The Morgan fingerprint density at radius 2 is 0.173 bits per heavy atom. The van der Waals surface area contributed by atoms with E-state index in [9.17, 15) is 0 Å². The molecule has 0 rings (SSSR count). The Morgan fingerprint density at radius 3 is 0.260 bits per heavy atom. The van der Waals surface area contributed by atoms with Crippen molar-refractivity contribution < 1.29 is 0 Å². The van der Waals surface area contributed by atoms with Crippen LogP contribution in [0.25, 0.3) is 0 Å². The lowest BCUT2D eigenvalue weighted by molar-refractivity contribution is 3.19. The molecule has 0 nitrogen and oxygen atoms in total. The fourth-order valence-corrected chi connectivity index (χ4v) is 35.3. The fraction of sp³-hybridized carbons (Fsp3) is 0. The minimum atomic E-state index is -1.07. The predicted octanol–water partition coefficient (Wildman–Crippen LogP) is -66.7. The molecule has 0 aromatic rings. The van der Waals surface area contributed by atoms with Crippen LogP contribution in [0.3, 0.4) is 0 Å². The third-order valence-electron chi connectivity index (χ3n) is 30.5. The van der Waals surface area contributed by atoms with E-state index < -0.39 is 7.56 Å². The molecule has 420 valence electrons. The minimum absolute atomic E-state index is 0.484. The van der Waals surface area contributed by atoms with Crippen LogP contribution in [0.5, 0.6) is 0 Å². The van der Waals surface area contributed by atoms with Gasteiger partial charge < -0.3 is 0 Å². The summed E-state index contributed by atoms with van der Waals surface area (Å²) >= 11 is 0. The topological polar surface area (TPSA) is 0 Å². The highest BCUT2D eigenvalue weighted by atomic mass is 31.1. The average Bonchev–Trinajstić information content (AvgIpc) is 3.41. The number of hydrogen-bond acceptors (Lipinski definition) is 0. The highest BCUT2D eigenvalue weighted by molar-refractivity contribution is 8.65. The summed E-state index contributed by atoms with van der Waals surface area (Å²) in [6, 6.07) is 0. The van der Waals surface area contributed by atoms with E-state index in [1.54, 1.807) is 0 Å². The first-order valence-corrected chi connectivity index (χ1v) is 48.6. The molecular weight excluding hydrogens is 1140 g/mol. The summed E-state index contributed by atoms with van der Waals surface area (Å²) in [6.07, 6.45) is 26.6. The zero-order valence-electron chi connectivity index (χ0n) is 82.3. The maximum atomic E-state index is 2.90. The van der Waals surface area contributed by atoms with E-state index in [1.807, 2.05) is 0 Å². The summed E-state index contributed by atoms with van der Waals surface area (Å²) in [5.74, 6) is 0. The largest absolute Gasteiger partial charge is 0.253 e. The molecule has 0 aliphatic rings. The van der Waals surface area contributed by atoms with Gasteiger partial charge in [0.2, 0.25) is 0 Å². The van der Waals surface area contributed by atoms with Crippen molar-refractivity contribution in [2.45, 2.75) is 0 Å². The molecule has 0 aliphatic carbocycles. The molecule has 0 saturated carbocycles. The quantitative estimate of drug-likeness (QED) is 0.0421. The SMILES string of the molecule is BB(B)B(B)B(B(B)B)B(B(B(B(B)B)B(B)B)B(B(B)B)B(B)B)B(B(B(B(B)B)B(B)B)B(B(B)B)B(B)B)P(B(B(B(B(B)B)B(B)B)B(B(B)B)B(B)B)B(B(B(B)B)B(B)B)B(B(B)B)B(B)B)B(B(B(B(B)B)B(B)B)B(B(B)B)B(B)B)B(B(B(B)B)B(B)B)B(B(B)B)B(B)B. The molecule has 0 spiro atoms. The van der Waals surface area contributed by atoms with E-state index in [-0.39, 0.29) is 0 Å². The van der Waals surface area contributed by atoms with Gasteiger partial charge in [-0.05, 0) is 0 Å². The smallest absolute Gasteiger partial charge is 0.0552 e. The molecule has 0 saturated heterocycles. The van der Waals surface area contributed by atoms with Crippen LogP contribution in [0.15, 0.2) is 0 Å². The van der Waals surface area contributed by atoms with Crippen LogP contribution in [0, 0.1) is 0 Å². The van der Waals surface area contributed by atoms with Gasteiger partial charge in [-0.1, -0.05) is 0 Å². The number of hydrogen-bond donors (Lipinski definition) is 0. The molecule has 0 fully saturated rings. The first-order chi connectivity index (χ1) is 47.3. The van der Waals surface area contributed by atoms with Crippen LogP contribution < -0.4 is 0 Å². The normalized spacial score (nSPS) is 9.93. The van der Waals surface area contributed by atoms with E-state index in [0.29, 0.717) is 319 Å². The first kappa shape index (κ1) is 111. The Hall–Kier alpha value is 7.12. The lowest BCUT2D eigenvalue weighted by Gasteiger charge is -2.64. The molecule has 0 radical (unpaired) electrons. The molecule has 104 heteroatoms. The third-order valence-corrected chi connectivity index (χ3v) is 34.7. The standard InChI is InChI=1S/B103H106P/c1-54(2)80(53)93(79(51)52)100(94(81(55(3)4)56(5)6)82(57(7)8)58(9)10)103(99(91(75(43)44)76(45)46)92(77(47)48)78(49)50)104(101(95(83(59(11)12)60(13)14)84(61(15)16)62(17)18)96(85(63(19)20)64(21)22)86(65(23)24)66(25)26)102(97(87(67(27)28)68(29)30)88(69(31)32)70(33)34)98(89(71(35)36)72(37)38)90(73(39)40)74(41)42/h1-53H2. The maximum Gasteiger partial charge on any atom is 0.0552 e. The molecule has 0 N–H and O–H groups in total. The lowest BCUT2D eigenvalue weighted by Crippen LogP contribution is -2.94. The average molecular weight is 1250 g/mol. The molecule has 0 unspecified atom stereocenters. The maximum absolute atomic E-state index is 2.90.